The summed E-state index contributed by atoms with van der Waals surface area (Å²) in [6, 6.07) is 5.27. The van der Waals surface area contributed by atoms with Crippen LogP contribution in [-0.2, 0) is 19.1 Å². The fraction of sp³-hybridized carbons (Fsp3) is 0.550. The van der Waals surface area contributed by atoms with E-state index in [1.165, 1.54) is 7.11 Å². The van der Waals surface area contributed by atoms with Crippen LogP contribution in [0.4, 0.5) is 0 Å². The molecule has 1 amide bonds. The highest BCUT2D eigenvalue weighted by atomic mass is 16.5. The molecular weight excluding hydrogens is 334 g/mol. The first kappa shape index (κ1) is 19.9. The van der Waals surface area contributed by atoms with Gasteiger partial charge in [0.1, 0.15) is 0 Å². The number of hydrogen-bond acceptors (Lipinski definition) is 5. The molecule has 0 aromatic heterocycles. The molecule has 0 spiro atoms. The van der Waals surface area contributed by atoms with E-state index in [1.54, 1.807) is 0 Å². The van der Waals surface area contributed by atoms with E-state index in [0.717, 1.165) is 29.5 Å². The molecular formula is C20H26NO5-. The standard InChI is InChI=1S/C20H27NO5/c1-12-8-9-13(2)16(10-12)17(11-18(22)26-3)21-19(23)14-6-4-5-7-15(14)20(24)25/h8-10,14-15,17H,4-7,11H2,1-3H3,(H,21,23)(H,24,25)/p-1/t14-,15-,17-/m0/s1. The zero-order chi connectivity index (χ0) is 19.3. The summed E-state index contributed by atoms with van der Waals surface area (Å²) in [7, 11) is 1.30. The fourth-order valence-electron chi connectivity index (χ4n) is 3.63. The van der Waals surface area contributed by atoms with Crippen molar-refractivity contribution in [2.24, 2.45) is 11.8 Å². The molecule has 6 nitrogen and oxygen atoms in total. The summed E-state index contributed by atoms with van der Waals surface area (Å²) in [5, 5.41) is 14.3. The van der Waals surface area contributed by atoms with Crippen molar-refractivity contribution in [1.29, 1.82) is 0 Å². The van der Waals surface area contributed by atoms with E-state index in [2.05, 4.69) is 5.32 Å². The van der Waals surface area contributed by atoms with Crippen molar-refractivity contribution in [3.8, 4) is 0 Å². The second kappa shape index (κ2) is 8.83. The van der Waals surface area contributed by atoms with Crippen molar-refractivity contribution in [2.75, 3.05) is 7.11 Å². The zero-order valence-electron chi connectivity index (χ0n) is 15.5. The largest absolute Gasteiger partial charge is 0.550 e. The Bertz CT molecular complexity index is 685. The van der Waals surface area contributed by atoms with Gasteiger partial charge in [0.15, 0.2) is 0 Å². The molecule has 6 heteroatoms. The van der Waals surface area contributed by atoms with Crippen LogP contribution >= 0.6 is 0 Å². The van der Waals surface area contributed by atoms with Crippen LogP contribution in [0.2, 0.25) is 0 Å². The molecule has 1 aliphatic carbocycles. The smallest absolute Gasteiger partial charge is 0.307 e. The number of carboxylic acid groups (broad SMARTS) is 1. The van der Waals surface area contributed by atoms with Gasteiger partial charge in [-0.3, -0.25) is 9.59 Å². The monoisotopic (exact) mass is 360 g/mol. The normalized spacial score (nSPS) is 20.9. The molecule has 2 rings (SSSR count). The lowest BCUT2D eigenvalue weighted by molar-refractivity contribution is -0.314. The maximum atomic E-state index is 12.8. The van der Waals surface area contributed by atoms with Crippen LogP contribution < -0.4 is 10.4 Å². The molecule has 3 atom stereocenters. The topological polar surface area (TPSA) is 95.5 Å². The number of ether oxygens (including phenoxy) is 1. The maximum Gasteiger partial charge on any atom is 0.307 e. The maximum absolute atomic E-state index is 12.8. The highest BCUT2D eigenvalue weighted by Gasteiger charge is 2.33. The summed E-state index contributed by atoms with van der Waals surface area (Å²) in [6.07, 6.45) is 2.56. The Morgan fingerprint density at radius 2 is 1.85 bits per heavy atom. The Morgan fingerprint density at radius 1 is 1.19 bits per heavy atom. The minimum absolute atomic E-state index is 0.00472. The van der Waals surface area contributed by atoms with Gasteiger partial charge in [-0.2, -0.15) is 0 Å². The Labute approximate surface area is 153 Å². The van der Waals surface area contributed by atoms with Crippen LogP contribution in [0.3, 0.4) is 0 Å². The van der Waals surface area contributed by atoms with E-state index in [4.69, 9.17) is 4.74 Å². The predicted octanol–water partition coefficient (Wildman–Crippen LogP) is 1.58. The number of carbonyl (C=O) groups is 3. The van der Waals surface area contributed by atoms with E-state index < -0.39 is 29.8 Å². The van der Waals surface area contributed by atoms with Gasteiger partial charge >= 0.3 is 5.97 Å². The van der Waals surface area contributed by atoms with Crippen molar-refractivity contribution in [1.82, 2.24) is 5.32 Å². The Balaban J connectivity index is 2.25. The number of carboxylic acids is 1. The van der Waals surface area contributed by atoms with Crippen molar-refractivity contribution >= 4 is 17.8 Å². The molecule has 142 valence electrons. The molecule has 0 aliphatic heterocycles. The van der Waals surface area contributed by atoms with E-state index in [-0.39, 0.29) is 12.3 Å². The third kappa shape index (κ3) is 4.84. The van der Waals surface area contributed by atoms with E-state index >= 15 is 0 Å². The first-order valence-electron chi connectivity index (χ1n) is 8.98. The number of carbonyl (C=O) groups excluding carboxylic acids is 3. The molecule has 0 bridgehead atoms. The minimum Gasteiger partial charge on any atom is -0.550 e. The lowest BCUT2D eigenvalue weighted by atomic mass is 9.78. The third-order valence-electron chi connectivity index (χ3n) is 5.13. The molecule has 1 aromatic carbocycles. The van der Waals surface area contributed by atoms with Crippen LogP contribution in [-0.4, -0.2) is 25.0 Å². The zero-order valence-corrected chi connectivity index (χ0v) is 15.5. The molecule has 1 saturated carbocycles. The average Bonchev–Trinajstić information content (AvgIpc) is 2.62. The third-order valence-corrected chi connectivity index (χ3v) is 5.13. The summed E-state index contributed by atoms with van der Waals surface area (Å²) in [5.41, 5.74) is 2.80. The number of methoxy groups -OCH3 is 1. The number of hydrogen-bond donors (Lipinski definition) is 1. The van der Waals surface area contributed by atoms with Gasteiger partial charge in [0.05, 0.1) is 19.6 Å². The van der Waals surface area contributed by atoms with Gasteiger partial charge in [-0.15, -0.1) is 0 Å². The highest BCUT2D eigenvalue weighted by molar-refractivity contribution is 5.85. The van der Waals surface area contributed by atoms with E-state index in [9.17, 15) is 19.5 Å². The first-order valence-corrected chi connectivity index (χ1v) is 8.98. The predicted molar refractivity (Wildman–Crippen MR) is 93.9 cm³/mol. The number of aliphatic carboxylic acids is 1. The minimum atomic E-state index is -1.18. The fourth-order valence-corrected chi connectivity index (χ4v) is 3.63. The van der Waals surface area contributed by atoms with Crippen molar-refractivity contribution < 1.29 is 24.2 Å². The highest BCUT2D eigenvalue weighted by Crippen LogP contribution is 2.31. The van der Waals surface area contributed by atoms with Crippen LogP contribution in [0.25, 0.3) is 0 Å². The van der Waals surface area contributed by atoms with Gasteiger partial charge in [-0.1, -0.05) is 36.6 Å². The van der Waals surface area contributed by atoms with Crippen molar-refractivity contribution in [3.05, 3.63) is 34.9 Å². The Kier molecular flexibility index (Phi) is 6.77. The molecule has 0 heterocycles. The number of esters is 1. The van der Waals surface area contributed by atoms with Crippen LogP contribution in [0.5, 0.6) is 0 Å². The number of rotatable bonds is 6. The lowest BCUT2D eigenvalue weighted by Gasteiger charge is -2.32. The van der Waals surface area contributed by atoms with Gasteiger partial charge in [-0.25, -0.2) is 0 Å². The van der Waals surface area contributed by atoms with Gasteiger partial charge in [0, 0.05) is 17.8 Å². The molecule has 0 saturated heterocycles. The summed E-state index contributed by atoms with van der Waals surface area (Å²) in [5.74, 6) is -3.36. The second-order valence-electron chi connectivity index (χ2n) is 7.02. The van der Waals surface area contributed by atoms with E-state index in [1.807, 2.05) is 32.0 Å². The average molecular weight is 360 g/mol. The first-order chi connectivity index (χ1) is 12.3. The second-order valence-corrected chi connectivity index (χ2v) is 7.02. The summed E-state index contributed by atoms with van der Waals surface area (Å²) in [4.78, 5) is 36.0. The number of nitrogens with one attached hydrogen (secondary N) is 1. The van der Waals surface area contributed by atoms with Crippen LogP contribution in [0, 0.1) is 25.7 Å². The van der Waals surface area contributed by atoms with E-state index in [0.29, 0.717) is 12.8 Å². The molecule has 1 aromatic rings. The van der Waals surface area contributed by atoms with Crippen molar-refractivity contribution in [2.45, 2.75) is 52.0 Å². The number of amides is 1. The molecule has 1 aliphatic rings. The number of aryl methyl sites for hydroxylation is 2. The molecule has 0 radical (unpaired) electrons. The summed E-state index contributed by atoms with van der Waals surface area (Å²) in [6.45, 7) is 3.85. The summed E-state index contributed by atoms with van der Waals surface area (Å²) < 4.78 is 4.76. The Hall–Kier alpha value is -2.37. The van der Waals surface area contributed by atoms with Gasteiger partial charge in [0.2, 0.25) is 5.91 Å². The van der Waals surface area contributed by atoms with Crippen LogP contribution in [0.15, 0.2) is 18.2 Å². The molecule has 1 N–H and O–H groups in total. The number of benzene rings is 1. The van der Waals surface area contributed by atoms with Gasteiger partial charge in [0.25, 0.3) is 0 Å². The summed E-state index contributed by atoms with van der Waals surface area (Å²) >= 11 is 0. The SMILES string of the molecule is COC(=O)C[C@H](NC(=O)[C@H]1CCCC[C@@H]1C(=O)[O-])c1cc(C)ccc1C. The van der Waals surface area contributed by atoms with Gasteiger partial charge in [-0.05, 0) is 37.8 Å². The molecule has 26 heavy (non-hydrogen) atoms. The quantitative estimate of drug-likeness (QED) is 0.777. The molecule has 0 unspecified atom stereocenters. The Morgan fingerprint density at radius 3 is 2.46 bits per heavy atom. The van der Waals surface area contributed by atoms with Crippen LogP contribution in [0.1, 0.15) is 54.8 Å². The lowest BCUT2D eigenvalue weighted by Crippen LogP contribution is -2.45. The van der Waals surface area contributed by atoms with Crippen molar-refractivity contribution in [3.63, 3.8) is 0 Å². The molecule has 1 fully saturated rings. The van der Waals surface area contributed by atoms with Gasteiger partial charge < -0.3 is 20.0 Å².